The van der Waals surface area contributed by atoms with Crippen molar-refractivity contribution in [2.24, 2.45) is 17.2 Å². The molecule has 0 bridgehead atoms. The van der Waals surface area contributed by atoms with E-state index in [1.54, 1.807) is 6.08 Å². The standard InChI is InChI=1S/C24H31Cl2FN6/c25-21-7-8-22(27)24(26)20(21)16-33(12-9-28)19(15-29)14-23(30)31-17-5-4-6-18(13-17)32-10-2-1-3-11-32/h4-8,13-15,31H,1-3,9-12,16,28-30H2/b19-15-,23-14+. The summed E-state index contributed by atoms with van der Waals surface area (Å²) in [6.07, 6.45) is 6.84. The lowest BCUT2D eigenvalue weighted by Crippen LogP contribution is -2.30. The van der Waals surface area contributed by atoms with Gasteiger partial charge in [-0.15, -0.1) is 0 Å². The summed E-state index contributed by atoms with van der Waals surface area (Å²) in [5.74, 6) is -0.131. The summed E-state index contributed by atoms with van der Waals surface area (Å²) >= 11 is 12.4. The van der Waals surface area contributed by atoms with Crippen LogP contribution in [0.2, 0.25) is 10.0 Å². The molecule has 2 aromatic rings. The Balaban J connectivity index is 1.77. The number of hydrogen-bond donors (Lipinski definition) is 4. The minimum atomic E-state index is -0.535. The second kappa shape index (κ2) is 12.0. The normalized spacial score (nSPS) is 15.0. The van der Waals surface area contributed by atoms with Crippen LogP contribution in [0.25, 0.3) is 0 Å². The van der Waals surface area contributed by atoms with E-state index in [1.807, 2.05) is 17.0 Å². The quantitative estimate of drug-likeness (QED) is 0.301. The van der Waals surface area contributed by atoms with Gasteiger partial charge in [-0.25, -0.2) is 4.39 Å². The molecule has 0 amide bonds. The number of hydrogen-bond acceptors (Lipinski definition) is 6. The van der Waals surface area contributed by atoms with E-state index in [0.29, 0.717) is 35.2 Å². The molecule has 1 fully saturated rings. The highest BCUT2D eigenvalue weighted by Crippen LogP contribution is 2.29. The van der Waals surface area contributed by atoms with Gasteiger partial charge in [0.15, 0.2) is 0 Å². The Labute approximate surface area is 204 Å². The first kappa shape index (κ1) is 25.0. The highest BCUT2D eigenvalue weighted by Gasteiger charge is 2.16. The lowest BCUT2D eigenvalue weighted by molar-refractivity contribution is 0.354. The summed E-state index contributed by atoms with van der Waals surface area (Å²) in [7, 11) is 0. The van der Waals surface area contributed by atoms with Gasteiger partial charge in [-0.05, 0) is 49.6 Å². The first-order chi connectivity index (χ1) is 15.9. The van der Waals surface area contributed by atoms with Crippen molar-refractivity contribution in [3.8, 4) is 0 Å². The predicted octanol–water partition coefficient (Wildman–Crippen LogP) is 4.60. The molecule has 0 spiro atoms. The van der Waals surface area contributed by atoms with Gasteiger partial charge < -0.3 is 32.3 Å². The van der Waals surface area contributed by atoms with Gasteiger partial charge in [0.1, 0.15) is 11.6 Å². The number of nitrogens with two attached hydrogens (primary N) is 3. The van der Waals surface area contributed by atoms with E-state index >= 15 is 0 Å². The molecule has 178 valence electrons. The highest BCUT2D eigenvalue weighted by atomic mass is 35.5. The monoisotopic (exact) mass is 492 g/mol. The maximum atomic E-state index is 14.0. The highest BCUT2D eigenvalue weighted by molar-refractivity contribution is 6.36. The molecule has 1 aliphatic rings. The zero-order valence-corrected chi connectivity index (χ0v) is 20.0. The van der Waals surface area contributed by atoms with Gasteiger partial charge in [-0.2, -0.15) is 0 Å². The number of rotatable bonds is 9. The third-order valence-electron chi connectivity index (χ3n) is 5.58. The minimum absolute atomic E-state index is 0.0227. The van der Waals surface area contributed by atoms with Crippen LogP contribution in [-0.4, -0.2) is 31.1 Å². The third-order valence-corrected chi connectivity index (χ3v) is 6.35. The number of piperidine rings is 1. The topological polar surface area (TPSA) is 96.6 Å². The predicted molar refractivity (Wildman–Crippen MR) is 137 cm³/mol. The lowest BCUT2D eigenvalue weighted by atomic mass is 10.1. The smallest absolute Gasteiger partial charge is 0.142 e. The molecule has 0 saturated carbocycles. The molecule has 0 radical (unpaired) electrons. The Morgan fingerprint density at radius 2 is 1.91 bits per heavy atom. The number of benzene rings is 2. The zero-order chi connectivity index (χ0) is 23.8. The van der Waals surface area contributed by atoms with Crippen LogP contribution >= 0.6 is 23.2 Å². The SMILES string of the molecule is N/C=C(/C=C(\N)Nc1cccc(N2CCCCC2)c1)N(CCN)Cc1c(Cl)ccc(F)c1Cl. The molecule has 6 nitrogen and oxygen atoms in total. The van der Waals surface area contributed by atoms with Crippen molar-refractivity contribution < 1.29 is 4.39 Å². The molecule has 3 rings (SSSR count). The van der Waals surface area contributed by atoms with Crippen molar-refractivity contribution in [2.45, 2.75) is 25.8 Å². The second-order valence-corrected chi connectivity index (χ2v) is 8.73. The maximum absolute atomic E-state index is 14.0. The van der Waals surface area contributed by atoms with Gasteiger partial charge >= 0.3 is 0 Å². The molecule has 9 heteroatoms. The van der Waals surface area contributed by atoms with Crippen LogP contribution in [0.1, 0.15) is 24.8 Å². The van der Waals surface area contributed by atoms with Crippen molar-refractivity contribution in [3.63, 3.8) is 0 Å². The van der Waals surface area contributed by atoms with Gasteiger partial charge in [-0.1, -0.05) is 29.3 Å². The van der Waals surface area contributed by atoms with E-state index < -0.39 is 5.82 Å². The fraction of sp³-hybridized carbons (Fsp3) is 0.333. The zero-order valence-electron chi connectivity index (χ0n) is 18.5. The van der Waals surface area contributed by atoms with Crippen LogP contribution in [0.3, 0.4) is 0 Å². The molecule has 1 heterocycles. The molecule has 7 N–H and O–H groups in total. The molecule has 1 aliphatic heterocycles. The maximum Gasteiger partial charge on any atom is 0.142 e. The molecule has 33 heavy (non-hydrogen) atoms. The summed E-state index contributed by atoms with van der Waals surface area (Å²) in [6, 6.07) is 10.9. The van der Waals surface area contributed by atoms with Gasteiger partial charge in [-0.3, -0.25) is 0 Å². The first-order valence-corrected chi connectivity index (χ1v) is 11.8. The van der Waals surface area contributed by atoms with Crippen LogP contribution in [0.15, 0.2) is 60.2 Å². The summed E-state index contributed by atoms with van der Waals surface area (Å²) < 4.78 is 14.0. The summed E-state index contributed by atoms with van der Waals surface area (Å²) in [5, 5.41) is 3.57. The van der Waals surface area contributed by atoms with E-state index in [-0.39, 0.29) is 11.6 Å². The van der Waals surface area contributed by atoms with Crippen molar-refractivity contribution in [2.75, 3.05) is 36.4 Å². The Morgan fingerprint density at radius 3 is 2.61 bits per heavy atom. The van der Waals surface area contributed by atoms with Crippen molar-refractivity contribution in [3.05, 3.63) is 81.6 Å². The van der Waals surface area contributed by atoms with Crippen LogP contribution in [-0.2, 0) is 6.54 Å². The average Bonchev–Trinajstić information content (AvgIpc) is 2.83. The fourth-order valence-corrected chi connectivity index (χ4v) is 4.39. The van der Waals surface area contributed by atoms with Crippen molar-refractivity contribution in [1.82, 2.24) is 4.90 Å². The molecule has 0 aliphatic carbocycles. The van der Waals surface area contributed by atoms with Crippen LogP contribution in [0.5, 0.6) is 0 Å². The molecule has 2 aromatic carbocycles. The van der Waals surface area contributed by atoms with Gasteiger partial charge in [0.2, 0.25) is 0 Å². The average molecular weight is 493 g/mol. The van der Waals surface area contributed by atoms with Gasteiger partial charge in [0.05, 0.1) is 10.7 Å². The van der Waals surface area contributed by atoms with Gasteiger partial charge in [0.25, 0.3) is 0 Å². The number of nitrogens with one attached hydrogen (secondary N) is 1. The summed E-state index contributed by atoms with van der Waals surface area (Å²) in [5.41, 5.74) is 21.1. The number of nitrogens with zero attached hydrogens (tertiary/aromatic N) is 2. The fourth-order valence-electron chi connectivity index (χ4n) is 3.90. The Hall–Kier alpha value is -2.61. The molecular weight excluding hydrogens is 462 g/mol. The molecule has 1 saturated heterocycles. The van der Waals surface area contributed by atoms with E-state index in [1.165, 1.54) is 43.3 Å². The van der Waals surface area contributed by atoms with Crippen LogP contribution in [0, 0.1) is 5.82 Å². The molecule has 0 atom stereocenters. The number of allylic oxidation sites excluding steroid dienone is 1. The first-order valence-electron chi connectivity index (χ1n) is 11.0. The van der Waals surface area contributed by atoms with E-state index in [0.717, 1.165) is 18.8 Å². The third kappa shape index (κ3) is 6.69. The Kier molecular flexibility index (Phi) is 9.11. The largest absolute Gasteiger partial charge is 0.403 e. The molecule has 0 unspecified atom stereocenters. The van der Waals surface area contributed by atoms with Gasteiger partial charge in [0, 0.05) is 67.0 Å². The lowest BCUT2D eigenvalue weighted by Gasteiger charge is -2.29. The van der Waals surface area contributed by atoms with Crippen molar-refractivity contribution >= 4 is 34.6 Å². The van der Waals surface area contributed by atoms with Crippen LogP contribution < -0.4 is 27.4 Å². The Bertz CT molecular complexity index is 1000. The molecule has 0 aromatic heterocycles. The van der Waals surface area contributed by atoms with Crippen LogP contribution in [0.4, 0.5) is 15.8 Å². The number of anilines is 2. The van der Waals surface area contributed by atoms with E-state index in [4.69, 9.17) is 40.4 Å². The Morgan fingerprint density at radius 1 is 1.15 bits per heavy atom. The van der Waals surface area contributed by atoms with Crippen molar-refractivity contribution in [1.29, 1.82) is 0 Å². The summed E-state index contributed by atoms with van der Waals surface area (Å²) in [4.78, 5) is 4.24. The second-order valence-electron chi connectivity index (χ2n) is 7.95. The minimum Gasteiger partial charge on any atom is -0.403 e. The molecular formula is C24H31Cl2FN6. The van der Waals surface area contributed by atoms with E-state index in [9.17, 15) is 4.39 Å². The van der Waals surface area contributed by atoms with E-state index in [2.05, 4.69) is 22.3 Å². The number of halogens is 3. The summed E-state index contributed by atoms with van der Waals surface area (Å²) in [6.45, 7) is 3.15.